The van der Waals surface area contributed by atoms with Gasteiger partial charge in [0.25, 0.3) is 0 Å². The van der Waals surface area contributed by atoms with Crippen LogP contribution in [0.5, 0.6) is 0 Å². The molecule has 0 aromatic carbocycles. The minimum Gasteiger partial charge on any atom is -0.299 e. The Morgan fingerprint density at radius 2 is 2.08 bits per heavy atom. The molecular weight excluding hydrogens is 148 g/mol. The van der Waals surface area contributed by atoms with Crippen LogP contribution in [0.1, 0.15) is 33.6 Å². The van der Waals surface area contributed by atoms with E-state index in [0.29, 0.717) is 17.6 Å². The first-order valence-electron chi connectivity index (χ1n) is 4.70. The molecule has 3 atom stereocenters. The van der Waals surface area contributed by atoms with Crippen LogP contribution in [0.2, 0.25) is 0 Å². The number of allylic oxidation sites excluding steroid dienone is 1. The molecule has 0 bridgehead atoms. The lowest BCUT2D eigenvalue weighted by Crippen LogP contribution is -2.29. The summed E-state index contributed by atoms with van der Waals surface area (Å²) in [5.41, 5.74) is 1.17. The third-order valence-electron chi connectivity index (χ3n) is 3.16. The molecule has 0 aromatic rings. The SMILES string of the molecule is C=C(C)[C@@H]1CC(=O)C(C)C(C)C1. The molecule has 1 aliphatic carbocycles. The van der Waals surface area contributed by atoms with Gasteiger partial charge in [0.1, 0.15) is 5.78 Å². The van der Waals surface area contributed by atoms with Crippen LogP contribution in [0, 0.1) is 17.8 Å². The highest BCUT2D eigenvalue weighted by molar-refractivity contribution is 5.82. The van der Waals surface area contributed by atoms with Crippen molar-refractivity contribution in [2.45, 2.75) is 33.6 Å². The Morgan fingerprint density at radius 1 is 1.50 bits per heavy atom. The summed E-state index contributed by atoms with van der Waals surface area (Å²) in [5, 5.41) is 0. The van der Waals surface area contributed by atoms with Gasteiger partial charge in [-0.05, 0) is 25.2 Å². The second-order valence-corrected chi connectivity index (χ2v) is 4.22. The summed E-state index contributed by atoms with van der Waals surface area (Å²) in [4.78, 5) is 11.5. The van der Waals surface area contributed by atoms with Crippen molar-refractivity contribution in [2.75, 3.05) is 0 Å². The lowest BCUT2D eigenvalue weighted by Gasteiger charge is -2.31. The van der Waals surface area contributed by atoms with E-state index < -0.39 is 0 Å². The van der Waals surface area contributed by atoms with Crippen molar-refractivity contribution in [2.24, 2.45) is 17.8 Å². The number of rotatable bonds is 1. The minimum absolute atomic E-state index is 0.264. The molecule has 0 aliphatic heterocycles. The largest absolute Gasteiger partial charge is 0.299 e. The maximum absolute atomic E-state index is 11.5. The van der Waals surface area contributed by atoms with E-state index >= 15 is 0 Å². The fraction of sp³-hybridized carbons (Fsp3) is 0.727. The van der Waals surface area contributed by atoms with Crippen LogP contribution in [0.15, 0.2) is 12.2 Å². The van der Waals surface area contributed by atoms with Crippen molar-refractivity contribution in [3.05, 3.63) is 12.2 Å². The lowest BCUT2D eigenvalue weighted by atomic mass is 9.73. The van der Waals surface area contributed by atoms with E-state index in [2.05, 4.69) is 13.5 Å². The van der Waals surface area contributed by atoms with Gasteiger partial charge < -0.3 is 0 Å². The number of carbonyl (C=O) groups is 1. The summed E-state index contributed by atoms with van der Waals surface area (Å²) in [6.45, 7) is 10.2. The monoisotopic (exact) mass is 166 g/mol. The fourth-order valence-electron chi connectivity index (χ4n) is 1.86. The third kappa shape index (κ3) is 1.77. The van der Waals surface area contributed by atoms with Crippen LogP contribution in [-0.4, -0.2) is 5.78 Å². The Hall–Kier alpha value is -0.590. The quantitative estimate of drug-likeness (QED) is 0.547. The van der Waals surface area contributed by atoms with Gasteiger partial charge in [0.05, 0.1) is 0 Å². The zero-order valence-electron chi connectivity index (χ0n) is 8.26. The van der Waals surface area contributed by atoms with E-state index in [9.17, 15) is 4.79 Å². The molecule has 1 aliphatic rings. The van der Waals surface area contributed by atoms with Crippen molar-refractivity contribution in [3.8, 4) is 0 Å². The smallest absolute Gasteiger partial charge is 0.136 e. The van der Waals surface area contributed by atoms with Gasteiger partial charge in [-0.2, -0.15) is 0 Å². The summed E-state index contributed by atoms with van der Waals surface area (Å²) >= 11 is 0. The maximum atomic E-state index is 11.5. The number of ketones is 1. The summed E-state index contributed by atoms with van der Waals surface area (Å²) in [5.74, 6) is 1.67. The molecule has 1 rings (SSSR count). The Balaban J connectivity index is 2.66. The van der Waals surface area contributed by atoms with E-state index in [1.54, 1.807) is 0 Å². The Labute approximate surface area is 74.9 Å². The first-order chi connectivity index (χ1) is 5.52. The van der Waals surface area contributed by atoms with Crippen LogP contribution in [0.3, 0.4) is 0 Å². The standard InChI is InChI=1S/C11H18O/c1-7(2)10-5-8(3)9(4)11(12)6-10/h8-10H,1,5-6H2,2-4H3/t8?,9?,10-/m0/s1. The lowest BCUT2D eigenvalue weighted by molar-refractivity contribution is -0.126. The normalized spacial score (nSPS) is 36.6. The molecule has 0 spiro atoms. The van der Waals surface area contributed by atoms with Gasteiger partial charge in [0.15, 0.2) is 0 Å². The number of hydrogen-bond acceptors (Lipinski definition) is 1. The van der Waals surface area contributed by atoms with Gasteiger partial charge in [-0.1, -0.05) is 26.0 Å². The molecule has 2 unspecified atom stereocenters. The summed E-state index contributed by atoms with van der Waals surface area (Å²) < 4.78 is 0. The predicted molar refractivity (Wildman–Crippen MR) is 50.9 cm³/mol. The number of Topliss-reactive ketones (excluding diaryl/α,β-unsaturated/α-hetero) is 1. The van der Waals surface area contributed by atoms with Gasteiger partial charge >= 0.3 is 0 Å². The molecule has 0 radical (unpaired) electrons. The molecule has 0 heterocycles. The first kappa shape index (κ1) is 9.50. The Morgan fingerprint density at radius 3 is 2.50 bits per heavy atom. The molecular formula is C11H18O. The summed E-state index contributed by atoms with van der Waals surface area (Å²) in [6, 6.07) is 0. The maximum Gasteiger partial charge on any atom is 0.136 e. The highest BCUT2D eigenvalue weighted by Gasteiger charge is 2.30. The third-order valence-corrected chi connectivity index (χ3v) is 3.16. The van der Waals surface area contributed by atoms with Crippen LogP contribution >= 0.6 is 0 Å². The molecule has 1 heteroatoms. The van der Waals surface area contributed by atoms with E-state index in [-0.39, 0.29) is 5.92 Å². The van der Waals surface area contributed by atoms with Gasteiger partial charge in [0, 0.05) is 12.3 Å². The van der Waals surface area contributed by atoms with Crippen molar-refractivity contribution in [1.82, 2.24) is 0 Å². The molecule has 0 N–H and O–H groups in total. The zero-order valence-corrected chi connectivity index (χ0v) is 8.26. The average Bonchev–Trinajstić information content (AvgIpc) is 1.99. The molecule has 0 saturated heterocycles. The Kier molecular flexibility index (Phi) is 2.71. The zero-order chi connectivity index (χ0) is 9.30. The highest BCUT2D eigenvalue weighted by atomic mass is 16.1. The number of carbonyl (C=O) groups excluding carboxylic acids is 1. The van der Waals surface area contributed by atoms with Crippen molar-refractivity contribution >= 4 is 5.78 Å². The van der Waals surface area contributed by atoms with Crippen molar-refractivity contribution in [1.29, 1.82) is 0 Å². The van der Waals surface area contributed by atoms with E-state index in [0.717, 1.165) is 12.8 Å². The average molecular weight is 166 g/mol. The van der Waals surface area contributed by atoms with Crippen molar-refractivity contribution < 1.29 is 4.79 Å². The summed E-state index contributed by atoms with van der Waals surface area (Å²) in [6.07, 6.45) is 1.86. The second-order valence-electron chi connectivity index (χ2n) is 4.22. The molecule has 1 fully saturated rings. The molecule has 12 heavy (non-hydrogen) atoms. The first-order valence-corrected chi connectivity index (χ1v) is 4.70. The van der Waals surface area contributed by atoms with Gasteiger partial charge in [-0.15, -0.1) is 0 Å². The van der Waals surface area contributed by atoms with Crippen LogP contribution in [0.25, 0.3) is 0 Å². The summed E-state index contributed by atoms with van der Waals surface area (Å²) in [7, 11) is 0. The molecule has 68 valence electrons. The van der Waals surface area contributed by atoms with Crippen molar-refractivity contribution in [3.63, 3.8) is 0 Å². The Bertz CT molecular complexity index is 205. The van der Waals surface area contributed by atoms with Crippen LogP contribution in [-0.2, 0) is 4.79 Å². The molecule has 1 saturated carbocycles. The van der Waals surface area contributed by atoms with Gasteiger partial charge in [-0.3, -0.25) is 4.79 Å². The van der Waals surface area contributed by atoms with Gasteiger partial charge in [0.2, 0.25) is 0 Å². The van der Waals surface area contributed by atoms with E-state index in [4.69, 9.17) is 0 Å². The second kappa shape index (κ2) is 3.42. The van der Waals surface area contributed by atoms with E-state index in [1.807, 2.05) is 13.8 Å². The minimum atomic E-state index is 0.264. The predicted octanol–water partition coefficient (Wildman–Crippen LogP) is 2.81. The van der Waals surface area contributed by atoms with E-state index in [1.165, 1.54) is 5.57 Å². The molecule has 0 amide bonds. The number of hydrogen-bond donors (Lipinski definition) is 0. The van der Waals surface area contributed by atoms with Crippen LogP contribution in [0.4, 0.5) is 0 Å². The molecule has 0 aromatic heterocycles. The van der Waals surface area contributed by atoms with Gasteiger partial charge in [-0.25, -0.2) is 0 Å². The fourth-order valence-corrected chi connectivity index (χ4v) is 1.86. The molecule has 1 nitrogen and oxygen atoms in total. The highest BCUT2D eigenvalue weighted by Crippen LogP contribution is 2.33. The van der Waals surface area contributed by atoms with Crippen LogP contribution < -0.4 is 0 Å². The topological polar surface area (TPSA) is 17.1 Å².